The average molecular weight is 227 g/mol. The van der Waals surface area contributed by atoms with E-state index >= 15 is 0 Å². The highest BCUT2D eigenvalue weighted by atomic mass is 16.5. The minimum absolute atomic E-state index is 0.402. The van der Waals surface area contributed by atoms with Crippen LogP contribution in [0.3, 0.4) is 0 Å². The molecule has 0 aliphatic heterocycles. The van der Waals surface area contributed by atoms with Crippen LogP contribution in [0.25, 0.3) is 11.3 Å². The van der Waals surface area contributed by atoms with Crippen molar-refractivity contribution in [3.05, 3.63) is 48.2 Å². The topological polar surface area (TPSA) is 39.2 Å². The highest BCUT2D eigenvalue weighted by Gasteiger charge is 2.07. The van der Waals surface area contributed by atoms with E-state index in [0.717, 1.165) is 28.9 Å². The highest BCUT2D eigenvalue weighted by molar-refractivity contribution is 5.68. The summed E-state index contributed by atoms with van der Waals surface area (Å²) in [6.07, 6.45) is 3.03. The van der Waals surface area contributed by atoms with E-state index in [4.69, 9.17) is 4.74 Å². The molecule has 2 aromatic rings. The Kier molecular flexibility index (Phi) is 3.50. The second-order valence-electron chi connectivity index (χ2n) is 3.62. The fraction of sp³-hybridized carbons (Fsp3) is 0.143. The second-order valence-corrected chi connectivity index (χ2v) is 3.62. The monoisotopic (exact) mass is 227 g/mol. The molecule has 0 spiro atoms. The van der Waals surface area contributed by atoms with E-state index in [1.807, 2.05) is 36.4 Å². The maximum Gasteiger partial charge on any atom is 0.128 e. The number of benzene rings is 1. The molecule has 3 heteroatoms. The van der Waals surface area contributed by atoms with Gasteiger partial charge in [0.15, 0.2) is 0 Å². The van der Waals surface area contributed by atoms with Crippen LogP contribution in [0, 0.1) is 0 Å². The molecule has 0 N–H and O–H groups in total. The number of carbonyl (C=O) groups is 1. The summed E-state index contributed by atoms with van der Waals surface area (Å²) in [4.78, 5) is 14.8. The van der Waals surface area contributed by atoms with Gasteiger partial charge in [-0.1, -0.05) is 12.1 Å². The Bertz CT molecular complexity index is 509. The lowest BCUT2D eigenvalue weighted by Crippen LogP contribution is -1.93. The van der Waals surface area contributed by atoms with Crippen LogP contribution < -0.4 is 4.74 Å². The molecule has 0 saturated heterocycles. The van der Waals surface area contributed by atoms with Gasteiger partial charge >= 0.3 is 0 Å². The van der Waals surface area contributed by atoms with Gasteiger partial charge in [-0.25, -0.2) is 0 Å². The van der Waals surface area contributed by atoms with Crippen molar-refractivity contribution in [1.29, 1.82) is 0 Å². The van der Waals surface area contributed by atoms with Gasteiger partial charge in [-0.2, -0.15) is 0 Å². The van der Waals surface area contributed by atoms with Gasteiger partial charge < -0.3 is 9.53 Å². The van der Waals surface area contributed by atoms with Gasteiger partial charge in [0.2, 0.25) is 0 Å². The molecule has 1 aromatic carbocycles. The molecule has 0 unspecified atom stereocenters. The van der Waals surface area contributed by atoms with Crippen molar-refractivity contribution in [3.63, 3.8) is 0 Å². The van der Waals surface area contributed by atoms with Crippen LogP contribution in [0.2, 0.25) is 0 Å². The predicted molar refractivity (Wildman–Crippen MR) is 66.0 cm³/mol. The first-order chi connectivity index (χ1) is 8.35. The van der Waals surface area contributed by atoms with Crippen LogP contribution in [0.4, 0.5) is 0 Å². The molecule has 3 nitrogen and oxygen atoms in total. The molecule has 0 aliphatic carbocycles. The predicted octanol–water partition coefficient (Wildman–Crippen LogP) is 2.50. The normalized spacial score (nSPS) is 9.94. The van der Waals surface area contributed by atoms with E-state index in [0.29, 0.717) is 6.42 Å². The lowest BCUT2D eigenvalue weighted by Gasteiger charge is -2.09. The molecular formula is C14H13NO2. The summed E-state index contributed by atoms with van der Waals surface area (Å²) in [6, 6.07) is 11.5. The maximum atomic E-state index is 10.5. The van der Waals surface area contributed by atoms with Gasteiger partial charge in [0.1, 0.15) is 12.0 Å². The molecule has 86 valence electrons. The van der Waals surface area contributed by atoms with E-state index in [9.17, 15) is 4.79 Å². The first kappa shape index (κ1) is 11.3. The van der Waals surface area contributed by atoms with E-state index in [2.05, 4.69) is 4.98 Å². The first-order valence-corrected chi connectivity index (χ1v) is 5.37. The van der Waals surface area contributed by atoms with Crippen molar-refractivity contribution >= 4 is 6.29 Å². The summed E-state index contributed by atoms with van der Waals surface area (Å²) >= 11 is 0. The van der Waals surface area contributed by atoms with E-state index in [1.165, 1.54) is 0 Å². The number of ether oxygens (including phenoxy) is 1. The summed E-state index contributed by atoms with van der Waals surface area (Å²) in [6.45, 7) is 0. The number of aldehydes is 1. The molecule has 1 aromatic heterocycles. The molecule has 0 saturated carbocycles. The Hall–Kier alpha value is -2.16. The summed E-state index contributed by atoms with van der Waals surface area (Å²) in [5.74, 6) is 0.739. The zero-order chi connectivity index (χ0) is 12.1. The molecule has 0 amide bonds. The molecular weight excluding hydrogens is 214 g/mol. The van der Waals surface area contributed by atoms with Gasteiger partial charge in [-0.15, -0.1) is 0 Å². The maximum absolute atomic E-state index is 10.5. The van der Waals surface area contributed by atoms with Crippen molar-refractivity contribution in [2.75, 3.05) is 7.11 Å². The summed E-state index contributed by atoms with van der Waals surface area (Å²) in [5, 5.41) is 0. The number of hydrogen-bond acceptors (Lipinski definition) is 3. The number of pyridine rings is 1. The Morgan fingerprint density at radius 3 is 2.82 bits per heavy atom. The first-order valence-electron chi connectivity index (χ1n) is 5.37. The fourth-order valence-corrected chi connectivity index (χ4v) is 1.69. The minimum Gasteiger partial charge on any atom is -0.496 e. The van der Waals surface area contributed by atoms with Crippen molar-refractivity contribution in [2.24, 2.45) is 0 Å². The quantitative estimate of drug-likeness (QED) is 0.753. The Labute approximate surface area is 100 Å². The molecule has 17 heavy (non-hydrogen) atoms. The standard InChI is InChI=1S/C14H13NO2/c1-17-14-10-11(7-9-16)5-6-12(14)13-4-2-3-8-15-13/h2-6,8-10H,7H2,1H3. The SMILES string of the molecule is COc1cc(CC=O)ccc1-c1ccccn1. The minimum atomic E-state index is 0.402. The number of aromatic nitrogens is 1. The van der Waals surface area contributed by atoms with E-state index < -0.39 is 0 Å². The molecule has 0 fully saturated rings. The number of methoxy groups -OCH3 is 1. The Balaban J connectivity index is 2.44. The van der Waals surface area contributed by atoms with Gasteiger partial charge in [0.25, 0.3) is 0 Å². The van der Waals surface area contributed by atoms with Gasteiger partial charge in [0, 0.05) is 18.2 Å². The highest BCUT2D eigenvalue weighted by Crippen LogP contribution is 2.29. The Morgan fingerprint density at radius 1 is 1.29 bits per heavy atom. The van der Waals surface area contributed by atoms with Crippen LogP contribution >= 0.6 is 0 Å². The van der Waals surface area contributed by atoms with Gasteiger partial charge in [0.05, 0.1) is 12.8 Å². The van der Waals surface area contributed by atoms with Crippen molar-refractivity contribution < 1.29 is 9.53 Å². The molecule has 0 bridgehead atoms. The summed E-state index contributed by atoms with van der Waals surface area (Å²) in [5.41, 5.74) is 2.74. The molecule has 1 heterocycles. The van der Waals surface area contributed by atoms with Crippen LogP contribution in [-0.2, 0) is 11.2 Å². The number of hydrogen-bond donors (Lipinski definition) is 0. The second kappa shape index (κ2) is 5.25. The third-order valence-electron chi connectivity index (χ3n) is 2.53. The number of carbonyl (C=O) groups excluding carboxylic acids is 1. The van der Waals surface area contributed by atoms with Gasteiger partial charge in [-0.05, 0) is 29.8 Å². The van der Waals surface area contributed by atoms with Crippen molar-refractivity contribution in [3.8, 4) is 17.0 Å². The molecule has 0 aliphatic rings. The lowest BCUT2D eigenvalue weighted by atomic mass is 10.1. The molecule has 2 rings (SSSR count). The lowest BCUT2D eigenvalue weighted by molar-refractivity contribution is -0.107. The largest absolute Gasteiger partial charge is 0.496 e. The summed E-state index contributed by atoms with van der Waals surface area (Å²) in [7, 11) is 1.62. The zero-order valence-electron chi connectivity index (χ0n) is 9.59. The third kappa shape index (κ3) is 2.50. The average Bonchev–Trinajstić information content (AvgIpc) is 2.40. The fourth-order valence-electron chi connectivity index (χ4n) is 1.69. The van der Waals surface area contributed by atoms with Crippen LogP contribution in [0.1, 0.15) is 5.56 Å². The van der Waals surface area contributed by atoms with E-state index in [-0.39, 0.29) is 0 Å². The zero-order valence-corrected chi connectivity index (χ0v) is 9.59. The molecule has 0 radical (unpaired) electrons. The van der Waals surface area contributed by atoms with Crippen LogP contribution in [0.15, 0.2) is 42.6 Å². The number of rotatable bonds is 4. The van der Waals surface area contributed by atoms with Gasteiger partial charge in [-0.3, -0.25) is 4.98 Å². The Morgan fingerprint density at radius 2 is 2.18 bits per heavy atom. The third-order valence-corrected chi connectivity index (χ3v) is 2.53. The van der Waals surface area contributed by atoms with Crippen molar-refractivity contribution in [2.45, 2.75) is 6.42 Å². The summed E-state index contributed by atoms with van der Waals surface area (Å²) < 4.78 is 5.33. The smallest absolute Gasteiger partial charge is 0.128 e. The van der Waals surface area contributed by atoms with Crippen molar-refractivity contribution in [1.82, 2.24) is 4.98 Å². The number of nitrogens with zero attached hydrogens (tertiary/aromatic N) is 1. The molecule has 0 atom stereocenters. The van der Waals surface area contributed by atoms with Crippen LogP contribution in [-0.4, -0.2) is 18.4 Å². The van der Waals surface area contributed by atoms with Crippen LogP contribution in [0.5, 0.6) is 5.75 Å². The van der Waals surface area contributed by atoms with E-state index in [1.54, 1.807) is 13.3 Å².